The van der Waals surface area contributed by atoms with E-state index in [1.165, 1.54) is 0 Å². The number of rotatable bonds is 3. The topological polar surface area (TPSA) is 81.4 Å². The Morgan fingerprint density at radius 2 is 1.83 bits per heavy atom. The molecule has 1 amide bonds. The summed E-state index contributed by atoms with van der Waals surface area (Å²) in [7, 11) is 0. The number of aryl methyl sites for hydroxylation is 2. The highest BCUT2D eigenvalue weighted by Gasteiger charge is 2.28. The standard InChI is InChI=1S/C21H20F2N4O3/c1-12-7-13(2)24-11-18(12)29-21(28)27-5-3-14(4-6-27)19-25-20(30-26-19)15-8-16(22)10-17(23)9-15/h7-11,14H,3-6H2,1-2H3. The molecule has 30 heavy (non-hydrogen) atoms. The van der Waals surface area contributed by atoms with E-state index >= 15 is 0 Å². The lowest BCUT2D eigenvalue weighted by molar-refractivity contribution is 0.137. The van der Waals surface area contributed by atoms with Crippen LogP contribution in [0.1, 0.15) is 35.8 Å². The van der Waals surface area contributed by atoms with Crippen LogP contribution in [-0.2, 0) is 0 Å². The first-order valence-corrected chi connectivity index (χ1v) is 9.59. The van der Waals surface area contributed by atoms with Crippen LogP contribution in [0.5, 0.6) is 5.75 Å². The lowest BCUT2D eigenvalue weighted by Crippen LogP contribution is -2.39. The number of pyridine rings is 1. The summed E-state index contributed by atoms with van der Waals surface area (Å²) in [5, 5.41) is 3.96. The summed E-state index contributed by atoms with van der Waals surface area (Å²) in [5.74, 6) is -0.481. The maximum atomic E-state index is 13.4. The van der Waals surface area contributed by atoms with Crippen LogP contribution in [0.3, 0.4) is 0 Å². The Morgan fingerprint density at radius 1 is 1.13 bits per heavy atom. The lowest BCUT2D eigenvalue weighted by atomic mass is 9.96. The van der Waals surface area contributed by atoms with Gasteiger partial charge in [-0.1, -0.05) is 5.16 Å². The first-order chi connectivity index (χ1) is 14.4. The Hall–Kier alpha value is -3.36. The number of hydrogen-bond donors (Lipinski definition) is 0. The smallest absolute Gasteiger partial charge is 0.408 e. The lowest BCUT2D eigenvalue weighted by Gasteiger charge is -2.29. The zero-order valence-electron chi connectivity index (χ0n) is 16.6. The van der Waals surface area contributed by atoms with Crippen LogP contribution in [0.2, 0.25) is 0 Å². The van der Waals surface area contributed by atoms with Crippen molar-refractivity contribution in [1.29, 1.82) is 0 Å². The number of hydrogen-bond acceptors (Lipinski definition) is 6. The average molecular weight is 414 g/mol. The predicted octanol–water partition coefficient (Wildman–Crippen LogP) is 4.41. The second-order valence-electron chi connectivity index (χ2n) is 7.34. The maximum Gasteiger partial charge on any atom is 0.415 e. The maximum absolute atomic E-state index is 13.4. The summed E-state index contributed by atoms with van der Waals surface area (Å²) < 4.78 is 37.5. The Labute approximate surface area is 171 Å². The average Bonchev–Trinajstić information content (AvgIpc) is 3.20. The van der Waals surface area contributed by atoms with Crippen molar-refractivity contribution in [3.05, 3.63) is 59.2 Å². The monoisotopic (exact) mass is 414 g/mol. The molecule has 0 radical (unpaired) electrons. The number of benzene rings is 1. The fraction of sp³-hybridized carbons (Fsp3) is 0.333. The van der Waals surface area contributed by atoms with Gasteiger partial charge in [0.2, 0.25) is 0 Å². The van der Waals surface area contributed by atoms with Gasteiger partial charge in [-0.3, -0.25) is 4.98 Å². The molecule has 156 valence electrons. The van der Waals surface area contributed by atoms with E-state index in [-0.39, 0.29) is 17.4 Å². The molecule has 0 aliphatic carbocycles. The molecule has 0 spiro atoms. The Morgan fingerprint density at radius 3 is 2.50 bits per heavy atom. The minimum Gasteiger partial charge on any atom is -0.408 e. The Kier molecular flexibility index (Phi) is 5.43. The van der Waals surface area contributed by atoms with Gasteiger partial charge in [-0.05, 0) is 50.5 Å². The molecule has 0 atom stereocenters. The molecule has 2 aromatic heterocycles. The predicted molar refractivity (Wildman–Crippen MR) is 103 cm³/mol. The van der Waals surface area contributed by atoms with E-state index in [1.54, 1.807) is 11.1 Å². The highest BCUT2D eigenvalue weighted by Crippen LogP contribution is 2.29. The van der Waals surface area contributed by atoms with Crippen molar-refractivity contribution < 1.29 is 22.8 Å². The molecule has 7 nitrogen and oxygen atoms in total. The normalized spacial score (nSPS) is 14.7. The molecule has 1 fully saturated rings. The molecule has 1 aromatic carbocycles. The second-order valence-corrected chi connectivity index (χ2v) is 7.34. The number of likely N-dealkylation sites (tertiary alicyclic amines) is 1. The van der Waals surface area contributed by atoms with Crippen LogP contribution in [-0.4, -0.2) is 39.2 Å². The molecular weight excluding hydrogens is 394 g/mol. The van der Waals surface area contributed by atoms with E-state index in [1.807, 2.05) is 19.9 Å². The molecule has 3 heterocycles. The molecule has 3 aromatic rings. The minimum absolute atomic E-state index is 0.0206. The van der Waals surface area contributed by atoms with Gasteiger partial charge in [-0.25, -0.2) is 13.6 Å². The van der Waals surface area contributed by atoms with Gasteiger partial charge in [0, 0.05) is 36.3 Å². The summed E-state index contributed by atoms with van der Waals surface area (Å²) in [6, 6.07) is 4.92. The van der Waals surface area contributed by atoms with E-state index in [0.29, 0.717) is 37.5 Å². The highest BCUT2D eigenvalue weighted by molar-refractivity contribution is 5.71. The minimum atomic E-state index is -0.712. The van der Waals surface area contributed by atoms with Crippen molar-refractivity contribution in [2.24, 2.45) is 0 Å². The van der Waals surface area contributed by atoms with Crippen molar-refractivity contribution in [2.45, 2.75) is 32.6 Å². The largest absolute Gasteiger partial charge is 0.415 e. The van der Waals surface area contributed by atoms with Gasteiger partial charge in [0.15, 0.2) is 11.6 Å². The van der Waals surface area contributed by atoms with E-state index in [2.05, 4.69) is 15.1 Å². The van der Waals surface area contributed by atoms with Crippen molar-refractivity contribution >= 4 is 6.09 Å². The molecular formula is C21H20F2N4O3. The molecule has 0 bridgehead atoms. The molecule has 0 N–H and O–H groups in total. The fourth-order valence-electron chi connectivity index (χ4n) is 3.46. The molecule has 1 saturated heterocycles. The van der Waals surface area contributed by atoms with Crippen molar-refractivity contribution in [2.75, 3.05) is 13.1 Å². The third-order valence-electron chi connectivity index (χ3n) is 5.07. The van der Waals surface area contributed by atoms with Gasteiger partial charge in [0.25, 0.3) is 5.89 Å². The molecule has 1 aliphatic rings. The van der Waals surface area contributed by atoms with Gasteiger partial charge >= 0.3 is 6.09 Å². The summed E-state index contributed by atoms with van der Waals surface area (Å²) in [4.78, 5) is 22.5. The fourth-order valence-corrected chi connectivity index (χ4v) is 3.46. The SMILES string of the molecule is Cc1cc(C)c(OC(=O)N2CCC(c3noc(-c4cc(F)cc(F)c4)n3)CC2)cn1. The third kappa shape index (κ3) is 4.29. The van der Waals surface area contributed by atoms with Crippen LogP contribution < -0.4 is 4.74 Å². The van der Waals surface area contributed by atoms with E-state index in [4.69, 9.17) is 9.26 Å². The van der Waals surface area contributed by atoms with Crippen molar-refractivity contribution in [1.82, 2.24) is 20.0 Å². The summed E-state index contributed by atoms with van der Waals surface area (Å²) in [6.45, 7) is 4.68. The second kappa shape index (κ2) is 8.17. The number of ether oxygens (including phenoxy) is 1. The molecule has 4 rings (SSSR count). The van der Waals surface area contributed by atoms with Crippen LogP contribution in [0.15, 0.2) is 35.0 Å². The van der Waals surface area contributed by atoms with Gasteiger partial charge in [0.05, 0.1) is 6.20 Å². The van der Waals surface area contributed by atoms with E-state index < -0.39 is 17.7 Å². The summed E-state index contributed by atoms with van der Waals surface area (Å²) in [6.07, 6.45) is 2.37. The number of piperidine rings is 1. The van der Waals surface area contributed by atoms with E-state index in [9.17, 15) is 13.6 Å². The number of amides is 1. The van der Waals surface area contributed by atoms with Gasteiger partial charge in [0.1, 0.15) is 11.6 Å². The molecule has 0 unspecified atom stereocenters. The zero-order valence-corrected chi connectivity index (χ0v) is 16.6. The van der Waals surface area contributed by atoms with Gasteiger partial charge in [-0.15, -0.1) is 0 Å². The van der Waals surface area contributed by atoms with E-state index in [0.717, 1.165) is 29.5 Å². The number of carbonyl (C=O) groups excluding carboxylic acids is 1. The van der Waals surface area contributed by atoms with Crippen LogP contribution in [0.25, 0.3) is 11.5 Å². The van der Waals surface area contributed by atoms with Crippen LogP contribution in [0.4, 0.5) is 13.6 Å². The number of aromatic nitrogens is 3. The van der Waals surface area contributed by atoms with Crippen molar-refractivity contribution in [3.8, 4) is 17.2 Å². The summed E-state index contributed by atoms with van der Waals surface area (Å²) in [5.41, 5.74) is 1.89. The molecule has 9 heteroatoms. The number of carbonyl (C=O) groups is 1. The highest BCUT2D eigenvalue weighted by atomic mass is 19.1. The van der Waals surface area contributed by atoms with Crippen LogP contribution >= 0.6 is 0 Å². The zero-order chi connectivity index (χ0) is 21.3. The van der Waals surface area contributed by atoms with Gasteiger partial charge < -0.3 is 14.2 Å². The first-order valence-electron chi connectivity index (χ1n) is 9.59. The Bertz CT molecular complexity index is 1060. The number of halogens is 2. The molecule has 1 aliphatic heterocycles. The third-order valence-corrected chi connectivity index (χ3v) is 5.07. The Balaban J connectivity index is 1.37. The first kappa shape index (κ1) is 19.9. The van der Waals surface area contributed by atoms with Crippen LogP contribution in [0, 0.1) is 25.5 Å². The number of nitrogens with zero attached hydrogens (tertiary/aromatic N) is 4. The quantitative estimate of drug-likeness (QED) is 0.632. The van der Waals surface area contributed by atoms with Crippen molar-refractivity contribution in [3.63, 3.8) is 0 Å². The molecule has 0 saturated carbocycles. The summed E-state index contributed by atoms with van der Waals surface area (Å²) >= 11 is 0. The van der Waals surface area contributed by atoms with Gasteiger partial charge in [-0.2, -0.15) is 4.98 Å².